The van der Waals surface area contributed by atoms with Crippen LogP contribution in [0.25, 0.3) is 11.1 Å². The largest absolute Gasteiger partial charge is 0.443 e. The van der Waals surface area contributed by atoms with Gasteiger partial charge in [0.1, 0.15) is 5.52 Å². The molecule has 2 aromatic rings. The molecule has 0 saturated carbocycles. The molecule has 0 aliphatic carbocycles. The number of nitrogens with zero attached hydrogens (tertiary/aromatic N) is 1. The second kappa shape index (κ2) is 4.18. The van der Waals surface area contributed by atoms with Gasteiger partial charge in [-0.15, -0.1) is 0 Å². The molecule has 1 aliphatic heterocycles. The average Bonchev–Trinajstić information content (AvgIpc) is 2.99. The summed E-state index contributed by atoms with van der Waals surface area (Å²) in [4.78, 5) is 15.9. The molecule has 5 nitrogen and oxygen atoms in total. The van der Waals surface area contributed by atoms with Gasteiger partial charge in [0.15, 0.2) is 12.0 Å². The molecule has 1 aromatic carbocycles. The number of rotatable bonds is 2. The Balaban J connectivity index is 1.77. The molecule has 88 valence electrons. The Morgan fingerprint density at radius 1 is 1.53 bits per heavy atom. The molecular formula is C12H13N3O2. The van der Waals surface area contributed by atoms with E-state index in [1.807, 2.05) is 12.1 Å². The second-order valence-electron chi connectivity index (χ2n) is 4.21. The monoisotopic (exact) mass is 231 g/mol. The highest BCUT2D eigenvalue weighted by Crippen LogP contribution is 2.19. The number of amides is 1. The smallest absolute Gasteiger partial charge is 0.228 e. The minimum absolute atomic E-state index is 0.0638. The van der Waals surface area contributed by atoms with Crippen LogP contribution >= 0.6 is 0 Å². The highest BCUT2D eigenvalue weighted by Gasteiger charge is 2.22. The van der Waals surface area contributed by atoms with Gasteiger partial charge in [0.25, 0.3) is 0 Å². The predicted molar refractivity (Wildman–Crippen MR) is 63.6 cm³/mol. The first kappa shape index (κ1) is 10.3. The van der Waals surface area contributed by atoms with Gasteiger partial charge in [-0.2, -0.15) is 0 Å². The molecule has 0 bridgehead atoms. The van der Waals surface area contributed by atoms with Crippen LogP contribution in [0.5, 0.6) is 0 Å². The van der Waals surface area contributed by atoms with E-state index in [0.29, 0.717) is 5.58 Å². The second-order valence-corrected chi connectivity index (χ2v) is 4.21. The molecule has 17 heavy (non-hydrogen) atoms. The summed E-state index contributed by atoms with van der Waals surface area (Å²) in [5.41, 5.74) is 2.24. The number of oxazole rings is 1. The van der Waals surface area contributed by atoms with Crippen LogP contribution in [-0.2, 0) is 4.79 Å². The molecule has 1 aliphatic rings. The number of nitrogens with one attached hydrogen (secondary N) is 2. The first-order valence-corrected chi connectivity index (χ1v) is 5.68. The van der Waals surface area contributed by atoms with Crippen molar-refractivity contribution in [2.24, 2.45) is 5.92 Å². The molecule has 1 atom stereocenters. The Bertz CT molecular complexity index is 543. The van der Waals surface area contributed by atoms with Gasteiger partial charge < -0.3 is 15.1 Å². The lowest BCUT2D eigenvalue weighted by Crippen LogP contribution is -2.24. The van der Waals surface area contributed by atoms with Crippen molar-refractivity contribution in [1.82, 2.24) is 10.3 Å². The zero-order valence-electron chi connectivity index (χ0n) is 9.27. The predicted octanol–water partition coefficient (Wildman–Crippen LogP) is 1.38. The van der Waals surface area contributed by atoms with Gasteiger partial charge >= 0.3 is 0 Å². The SMILES string of the molecule is O=C(Nc1ccc2ncoc2c1)C1CCNC1. The average molecular weight is 231 g/mol. The summed E-state index contributed by atoms with van der Waals surface area (Å²) in [5, 5.41) is 6.07. The Hall–Kier alpha value is -1.88. The normalized spacial score (nSPS) is 19.6. The number of benzene rings is 1. The Morgan fingerprint density at radius 3 is 3.29 bits per heavy atom. The van der Waals surface area contributed by atoms with Gasteiger partial charge in [-0.05, 0) is 25.1 Å². The van der Waals surface area contributed by atoms with E-state index in [1.165, 1.54) is 6.39 Å². The fourth-order valence-corrected chi connectivity index (χ4v) is 2.06. The number of carbonyl (C=O) groups is 1. The van der Waals surface area contributed by atoms with Gasteiger partial charge in [0.05, 0.1) is 5.92 Å². The third kappa shape index (κ3) is 2.01. The molecule has 2 heterocycles. The van der Waals surface area contributed by atoms with E-state index in [2.05, 4.69) is 15.6 Å². The van der Waals surface area contributed by atoms with Crippen LogP contribution in [0.15, 0.2) is 29.0 Å². The summed E-state index contributed by atoms with van der Waals surface area (Å²) in [6.07, 6.45) is 2.30. The van der Waals surface area contributed by atoms with Crippen LogP contribution in [0.2, 0.25) is 0 Å². The fraction of sp³-hybridized carbons (Fsp3) is 0.333. The van der Waals surface area contributed by atoms with Crippen LogP contribution in [0.3, 0.4) is 0 Å². The molecule has 1 amide bonds. The summed E-state index contributed by atoms with van der Waals surface area (Å²) < 4.78 is 5.19. The van der Waals surface area contributed by atoms with Gasteiger partial charge in [-0.3, -0.25) is 4.79 Å². The molecule has 1 unspecified atom stereocenters. The Labute approximate surface area is 98.2 Å². The fourth-order valence-electron chi connectivity index (χ4n) is 2.06. The molecule has 1 aromatic heterocycles. The van der Waals surface area contributed by atoms with E-state index in [-0.39, 0.29) is 11.8 Å². The van der Waals surface area contributed by atoms with Crippen molar-refractivity contribution in [1.29, 1.82) is 0 Å². The number of anilines is 1. The van der Waals surface area contributed by atoms with Gasteiger partial charge in [-0.25, -0.2) is 4.98 Å². The van der Waals surface area contributed by atoms with Crippen molar-refractivity contribution in [3.8, 4) is 0 Å². The third-order valence-corrected chi connectivity index (χ3v) is 3.03. The van der Waals surface area contributed by atoms with Crippen molar-refractivity contribution in [3.63, 3.8) is 0 Å². The maximum atomic E-state index is 11.9. The lowest BCUT2D eigenvalue weighted by molar-refractivity contribution is -0.119. The standard InChI is InChI=1S/C12H13N3O2/c16-12(8-3-4-13-6-8)15-9-1-2-10-11(5-9)17-7-14-10/h1-2,5,7-8,13H,3-4,6H2,(H,15,16). The number of aromatic nitrogens is 1. The lowest BCUT2D eigenvalue weighted by Gasteiger charge is -2.09. The zero-order valence-corrected chi connectivity index (χ0v) is 9.27. The molecule has 5 heteroatoms. The number of carbonyl (C=O) groups excluding carboxylic acids is 1. The summed E-state index contributed by atoms with van der Waals surface area (Å²) in [6, 6.07) is 5.47. The quantitative estimate of drug-likeness (QED) is 0.819. The topological polar surface area (TPSA) is 67.2 Å². The minimum atomic E-state index is 0.0638. The Kier molecular flexibility index (Phi) is 2.53. The summed E-state index contributed by atoms with van der Waals surface area (Å²) in [5.74, 6) is 0.134. The van der Waals surface area contributed by atoms with E-state index in [1.54, 1.807) is 6.07 Å². The van der Waals surface area contributed by atoms with Crippen LogP contribution in [0.4, 0.5) is 5.69 Å². The first-order chi connectivity index (χ1) is 8.33. The molecule has 1 saturated heterocycles. The Morgan fingerprint density at radius 2 is 2.47 bits per heavy atom. The number of fused-ring (bicyclic) bond motifs is 1. The van der Waals surface area contributed by atoms with Crippen molar-refractivity contribution < 1.29 is 9.21 Å². The highest BCUT2D eigenvalue weighted by atomic mass is 16.3. The summed E-state index contributed by atoms with van der Waals surface area (Å²) in [6.45, 7) is 1.68. The van der Waals surface area contributed by atoms with E-state index in [4.69, 9.17) is 4.42 Å². The molecule has 0 radical (unpaired) electrons. The van der Waals surface area contributed by atoms with Crippen molar-refractivity contribution in [2.45, 2.75) is 6.42 Å². The van der Waals surface area contributed by atoms with Crippen LogP contribution in [0.1, 0.15) is 6.42 Å². The van der Waals surface area contributed by atoms with Gasteiger partial charge in [0, 0.05) is 18.3 Å². The van der Waals surface area contributed by atoms with Crippen molar-refractivity contribution in [2.75, 3.05) is 18.4 Å². The van der Waals surface area contributed by atoms with E-state index < -0.39 is 0 Å². The molecular weight excluding hydrogens is 218 g/mol. The maximum Gasteiger partial charge on any atom is 0.228 e. The van der Waals surface area contributed by atoms with Crippen LogP contribution < -0.4 is 10.6 Å². The van der Waals surface area contributed by atoms with Gasteiger partial charge in [-0.1, -0.05) is 0 Å². The van der Waals surface area contributed by atoms with Gasteiger partial charge in [0.2, 0.25) is 5.91 Å². The van der Waals surface area contributed by atoms with Crippen LogP contribution in [-0.4, -0.2) is 24.0 Å². The van der Waals surface area contributed by atoms with Crippen molar-refractivity contribution >= 4 is 22.7 Å². The van der Waals surface area contributed by atoms with Crippen molar-refractivity contribution in [3.05, 3.63) is 24.6 Å². The summed E-state index contributed by atoms with van der Waals surface area (Å²) >= 11 is 0. The highest BCUT2D eigenvalue weighted by molar-refractivity contribution is 5.94. The number of hydrogen-bond acceptors (Lipinski definition) is 4. The summed E-state index contributed by atoms with van der Waals surface area (Å²) in [7, 11) is 0. The molecule has 1 fully saturated rings. The molecule has 3 rings (SSSR count). The first-order valence-electron chi connectivity index (χ1n) is 5.68. The zero-order chi connectivity index (χ0) is 11.7. The van der Waals surface area contributed by atoms with E-state index in [0.717, 1.165) is 30.7 Å². The third-order valence-electron chi connectivity index (χ3n) is 3.03. The van der Waals surface area contributed by atoms with E-state index >= 15 is 0 Å². The van der Waals surface area contributed by atoms with E-state index in [9.17, 15) is 4.79 Å². The molecule has 2 N–H and O–H groups in total. The number of hydrogen-bond donors (Lipinski definition) is 2. The maximum absolute atomic E-state index is 11.9. The van der Waals surface area contributed by atoms with Crippen LogP contribution in [0, 0.1) is 5.92 Å². The minimum Gasteiger partial charge on any atom is -0.443 e. The lowest BCUT2D eigenvalue weighted by atomic mass is 10.1. The molecule has 0 spiro atoms.